The Morgan fingerprint density at radius 3 is 2.25 bits per heavy atom. The van der Waals surface area contributed by atoms with Crippen molar-refractivity contribution >= 4 is 15.9 Å². The molecule has 2 aromatic carbocycles. The van der Waals surface area contributed by atoms with Gasteiger partial charge in [-0.25, -0.2) is 8.78 Å². The highest BCUT2D eigenvalue weighted by Crippen LogP contribution is 2.33. The van der Waals surface area contributed by atoms with Gasteiger partial charge in [-0.05, 0) is 71.1 Å². The average Bonchev–Trinajstić information content (AvgIpc) is 2.38. The van der Waals surface area contributed by atoms with E-state index in [1.54, 1.807) is 6.07 Å². The molecule has 1 N–H and O–H groups in total. The van der Waals surface area contributed by atoms with Crippen molar-refractivity contribution < 1.29 is 13.9 Å². The van der Waals surface area contributed by atoms with Crippen molar-refractivity contribution in [3.05, 3.63) is 68.2 Å². The zero-order valence-corrected chi connectivity index (χ0v) is 13.1. The van der Waals surface area contributed by atoms with Gasteiger partial charge in [-0.3, -0.25) is 0 Å². The van der Waals surface area contributed by atoms with Gasteiger partial charge < -0.3 is 5.11 Å². The van der Waals surface area contributed by atoms with Gasteiger partial charge in [-0.2, -0.15) is 0 Å². The van der Waals surface area contributed by atoms with E-state index in [9.17, 15) is 13.9 Å². The van der Waals surface area contributed by atoms with Crippen LogP contribution >= 0.6 is 15.9 Å². The number of benzene rings is 2. The Labute approximate surface area is 125 Å². The van der Waals surface area contributed by atoms with Gasteiger partial charge in [0.15, 0.2) is 0 Å². The first-order valence-corrected chi connectivity index (χ1v) is 7.01. The summed E-state index contributed by atoms with van der Waals surface area (Å²) in [4.78, 5) is 0. The molecule has 20 heavy (non-hydrogen) atoms. The predicted molar refractivity (Wildman–Crippen MR) is 78.8 cm³/mol. The monoisotopic (exact) mass is 340 g/mol. The third-order valence-corrected chi connectivity index (χ3v) is 4.14. The lowest BCUT2D eigenvalue weighted by molar-refractivity contribution is 0.208. The first kappa shape index (κ1) is 15.1. The van der Waals surface area contributed by atoms with E-state index in [1.165, 1.54) is 6.07 Å². The first-order valence-electron chi connectivity index (χ1n) is 6.22. The van der Waals surface area contributed by atoms with Crippen molar-refractivity contribution in [2.75, 3.05) is 0 Å². The van der Waals surface area contributed by atoms with Crippen molar-refractivity contribution in [3.63, 3.8) is 0 Å². The average molecular weight is 341 g/mol. The Morgan fingerprint density at radius 2 is 1.60 bits per heavy atom. The van der Waals surface area contributed by atoms with Crippen LogP contribution in [-0.4, -0.2) is 5.11 Å². The molecule has 0 radical (unpaired) electrons. The lowest BCUT2D eigenvalue weighted by Gasteiger charge is -2.18. The number of hydrogen-bond acceptors (Lipinski definition) is 1. The van der Waals surface area contributed by atoms with Crippen molar-refractivity contribution in [2.45, 2.75) is 26.9 Å². The fraction of sp³-hybridized carbons (Fsp3) is 0.250. The maximum Gasteiger partial charge on any atom is 0.146 e. The molecule has 0 saturated carbocycles. The van der Waals surface area contributed by atoms with E-state index in [-0.39, 0.29) is 10.0 Å². The minimum Gasteiger partial charge on any atom is -0.383 e. The third kappa shape index (κ3) is 2.63. The molecule has 0 heterocycles. The van der Waals surface area contributed by atoms with Gasteiger partial charge in [0.25, 0.3) is 0 Å². The largest absolute Gasteiger partial charge is 0.383 e. The van der Waals surface area contributed by atoms with E-state index in [2.05, 4.69) is 15.9 Å². The van der Waals surface area contributed by atoms with Crippen molar-refractivity contribution in [1.29, 1.82) is 0 Å². The van der Waals surface area contributed by atoms with Crippen LogP contribution in [0.3, 0.4) is 0 Å². The molecule has 2 aromatic rings. The number of aliphatic hydroxyl groups is 1. The summed E-state index contributed by atoms with van der Waals surface area (Å²) in [6.45, 7) is 5.68. The molecular formula is C16H15BrF2O. The van der Waals surface area contributed by atoms with Crippen LogP contribution in [0.25, 0.3) is 0 Å². The van der Waals surface area contributed by atoms with Crippen LogP contribution in [0.4, 0.5) is 8.78 Å². The molecule has 0 aliphatic rings. The van der Waals surface area contributed by atoms with Crippen molar-refractivity contribution in [2.24, 2.45) is 0 Å². The second-order valence-electron chi connectivity index (χ2n) is 4.95. The van der Waals surface area contributed by atoms with Gasteiger partial charge in [0.05, 0.1) is 10.0 Å². The van der Waals surface area contributed by atoms with E-state index in [0.717, 1.165) is 22.8 Å². The zero-order chi connectivity index (χ0) is 15.0. The first-order chi connectivity index (χ1) is 9.32. The SMILES string of the molecule is Cc1cc(C)c(C(O)c2c(F)ccc(Br)c2F)cc1C. The molecule has 0 spiro atoms. The molecule has 0 aliphatic heterocycles. The maximum absolute atomic E-state index is 14.1. The highest BCUT2D eigenvalue weighted by atomic mass is 79.9. The molecule has 2 rings (SSSR count). The van der Waals surface area contributed by atoms with Crippen LogP contribution in [0.15, 0.2) is 28.7 Å². The smallest absolute Gasteiger partial charge is 0.146 e. The summed E-state index contributed by atoms with van der Waals surface area (Å²) in [6, 6.07) is 6.10. The van der Waals surface area contributed by atoms with E-state index < -0.39 is 17.7 Å². The molecule has 0 saturated heterocycles. The van der Waals surface area contributed by atoms with Crippen LogP contribution in [-0.2, 0) is 0 Å². The summed E-state index contributed by atoms with van der Waals surface area (Å²) in [7, 11) is 0. The topological polar surface area (TPSA) is 20.2 Å². The molecule has 0 aliphatic carbocycles. The van der Waals surface area contributed by atoms with Crippen molar-refractivity contribution in [1.82, 2.24) is 0 Å². The molecule has 0 fully saturated rings. The van der Waals surface area contributed by atoms with E-state index in [4.69, 9.17) is 0 Å². The lowest BCUT2D eigenvalue weighted by atomic mass is 9.93. The van der Waals surface area contributed by atoms with Crippen LogP contribution in [0.5, 0.6) is 0 Å². The Balaban J connectivity index is 2.60. The van der Waals surface area contributed by atoms with E-state index in [0.29, 0.717) is 5.56 Å². The van der Waals surface area contributed by atoms with Gasteiger partial charge in [0.1, 0.15) is 17.7 Å². The Bertz CT molecular complexity index is 668. The molecule has 0 bridgehead atoms. The Morgan fingerprint density at radius 1 is 1.00 bits per heavy atom. The fourth-order valence-electron chi connectivity index (χ4n) is 2.23. The summed E-state index contributed by atoms with van der Waals surface area (Å²) in [6.07, 6.45) is -1.33. The van der Waals surface area contributed by atoms with Gasteiger partial charge >= 0.3 is 0 Å². The molecule has 4 heteroatoms. The summed E-state index contributed by atoms with van der Waals surface area (Å²) >= 11 is 3.01. The summed E-state index contributed by atoms with van der Waals surface area (Å²) in [5.41, 5.74) is 3.04. The Hall–Kier alpha value is -1.26. The maximum atomic E-state index is 14.1. The lowest BCUT2D eigenvalue weighted by Crippen LogP contribution is -2.08. The predicted octanol–water partition coefficient (Wildman–Crippen LogP) is 4.73. The molecule has 1 unspecified atom stereocenters. The second kappa shape index (κ2) is 5.62. The normalized spacial score (nSPS) is 12.6. The number of hydrogen-bond donors (Lipinski definition) is 1. The fourth-order valence-corrected chi connectivity index (χ4v) is 2.57. The number of rotatable bonds is 2. The number of aryl methyl sites for hydroxylation is 3. The zero-order valence-electron chi connectivity index (χ0n) is 11.5. The minimum absolute atomic E-state index is 0.134. The van der Waals surface area contributed by atoms with Crippen molar-refractivity contribution in [3.8, 4) is 0 Å². The Kier molecular flexibility index (Phi) is 4.25. The summed E-state index contributed by atoms with van der Waals surface area (Å²) < 4.78 is 28.1. The van der Waals surface area contributed by atoms with Gasteiger partial charge in [0.2, 0.25) is 0 Å². The van der Waals surface area contributed by atoms with E-state index >= 15 is 0 Å². The van der Waals surface area contributed by atoms with Gasteiger partial charge in [0, 0.05) is 0 Å². The molecule has 1 atom stereocenters. The van der Waals surface area contributed by atoms with Crippen LogP contribution < -0.4 is 0 Å². The molecule has 1 nitrogen and oxygen atoms in total. The van der Waals surface area contributed by atoms with Gasteiger partial charge in [-0.1, -0.05) is 12.1 Å². The standard InChI is InChI=1S/C16H15BrF2O/c1-8-6-10(3)11(7-9(8)2)16(20)14-13(18)5-4-12(17)15(14)19/h4-7,16,20H,1-3H3. The molecule has 0 aromatic heterocycles. The van der Waals surface area contributed by atoms with Crippen LogP contribution in [0.1, 0.15) is 33.9 Å². The minimum atomic E-state index is -1.33. The summed E-state index contributed by atoms with van der Waals surface area (Å²) in [5.74, 6) is -1.52. The van der Waals surface area contributed by atoms with Crippen LogP contribution in [0, 0.1) is 32.4 Å². The van der Waals surface area contributed by atoms with E-state index in [1.807, 2.05) is 26.8 Å². The summed E-state index contributed by atoms with van der Waals surface area (Å²) in [5, 5.41) is 10.4. The van der Waals surface area contributed by atoms with Gasteiger partial charge in [-0.15, -0.1) is 0 Å². The molecular weight excluding hydrogens is 326 g/mol. The number of halogens is 3. The van der Waals surface area contributed by atoms with Crippen LogP contribution in [0.2, 0.25) is 0 Å². The highest BCUT2D eigenvalue weighted by Gasteiger charge is 2.23. The quantitative estimate of drug-likeness (QED) is 0.783. The second-order valence-corrected chi connectivity index (χ2v) is 5.81. The molecule has 0 amide bonds. The molecule has 106 valence electrons. The highest BCUT2D eigenvalue weighted by molar-refractivity contribution is 9.10. The third-order valence-electron chi connectivity index (χ3n) is 3.53. The number of aliphatic hydroxyl groups excluding tert-OH is 1.